The summed E-state index contributed by atoms with van der Waals surface area (Å²) < 4.78 is 3.04. The molecule has 0 spiro atoms. The second-order valence-electron chi connectivity index (χ2n) is 5.06. The number of nitrogens with zero attached hydrogens (tertiary/aromatic N) is 3. The summed E-state index contributed by atoms with van der Waals surface area (Å²) >= 11 is 5.49. The highest BCUT2D eigenvalue weighted by molar-refractivity contribution is 9.10. The van der Waals surface area contributed by atoms with Gasteiger partial charge in [0.25, 0.3) is 0 Å². The molecule has 6 heteroatoms. The highest BCUT2D eigenvalue weighted by atomic mass is 79.9. The van der Waals surface area contributed by atoms with Crippen LogP contribution in [-0.4, -0.2) is 46.3 Å². The molecule has 0 amide bonds. The molecule has 0 aromatic carbocycles. The first-order chi connectivity index (χ1) is 8.95. The van der Waals surface area contributed by atoms with E-state index in [4.69, 9.17) is 5.73 Å². The zero-order valence-electron chi connectivity index (χ0n) is 12.3. The summed E-state index contributed by atoms with van der Waals surface area (Å²) in [5.41, 5.74) is 7.43. The molecule has 1 heterocycles. The van der Waals surface area contributed by atoms with E-state index in [2.05, 4.69) is 53.9 Å². The Bertz CT molecular complexity index is 381. The van der Waals surface area contributed by atoms with E-state index in [0.29, 0.717) is 5.25 Å². The molecule has 0 fully saturated rings. The summed E-state index contributed by atoms with van der Waals surface area (Å²) in [5.74, 6) is 0.932. The second-order valence-corrected chi connectivity index (χ2v) is 7.39. The fourth-order valence-corrected chi connectivity index (χ4v) is 3.20. The summed E-state index contributed by atoms with van der Waals surface area (Å²) in [6.45, 7) is 6.29. The van der Waals surface area contributed by atoms with Gasteiger partial charge in [-0.15, -0.1) is 0 Å². The summed E-state index contributed by atoms with van der Waals surface area (Å²) in [4.78, 5) is 2.15. The molecule has 0 aliphatic heterocycles. The Morgan fingerprint density at radius 3 is 2.79 bits per heavy atom. The van der Waals surface area contributed by atoms with Crippen LogP contribution >= 0.6 is 27.7 Å². The third-order valence-electron chi connectivity index (χ3n) is 3.08. The van der Waals surface area contributed by atoms with Gasteiger partial charge in [-0.1, -0.05) is 13.8 Å². The lowest BCUT2D eigenvalue weighted by Gasteiger charge is -2.18. The molecule has 19 heavy (non-hydrogen) atoms. The maximum atomic E-state index is 6.33. The lowest BCUT2D eigenvalue weighted by Crippen LogP contribution is -2.24. The van der Waals surface area contributed by atoms with Crippen molar-refractivity contribution in [1.29, 1.82) is 0 Å². The standard InChI is InChI=1S/C13H25BrN4S/c1-5-10(2)19-9-12(15)13-11(14)8-16-18(13)7-6-17(3)4/h8,10,12H,5-7,9,15H2,1-4H3. The van der Waals surface area contributed by atoms with Crippen LogP contribution < -0.4 is 5.73 Å². The molecule has 0 saturated carbocycles. The summed E-state index contributed by atoms with van der Waals surface area (Å²) in [5, 5.41) is 5.07. The molecular formula is C13H25BrN4S. The van der Waals surface area contributed by atoms with Crippen LogP contribution in [0.4, 0.5) is 0 Å². The summed E-state index contributed by atoms with van der Waals surface area (Å²) in [6, 6.07) is 0.0260. The Kier molecular flexibility index (Phi) is 7.42. The Balaban J connectivity index is 2.66. The van der Waals surface area contributed by atoms with Crippen molar-refractivity contribution in [3.05, 3.63) is 16.4 Å². The number of halogens is 1. The zero-order valence-corrected chi connectivity index (χ0v) is 14.7. The minimum Gasteiger partial charge on any atom is -0.322 e. The van der Waals surface area contributed by atoms with Gasteiger partial charge in [0.15, 0.2) is 0 Å². The summed E-state index contributed by atoms with van der Waals surface area (Å²) in [6.07, 6.45) is 3.03. The van der Waals surface area contributed by atoms with Gasteiger partial charge in [0, 0.05) is 17.5 Å². The minimum atomic E-state index is 0.0260. The van der Waals surface area contributed by atoms with Crippen LogP contribution in [0.5, 0.6) is 0 Å². The lowest BCUT2D eigenvalue weighted by molar-refractivity contribution is 0.367. The third-order valence-corrected chi connectivity index (χ3v) is 5.14. The molecule has 0 saturated heterocycles. The van der Waals surface area contributed by atoms with Crippen LogP contribution in [0.3, 0.4) is 0 Å². The molecule has 0 bridgehead atoms. The SMILES string of the molecule is CCC(C)SCC(N)c1c(Br)cnn1CCN(C)C. The Hall–Kier alpha value is -0.0400. The van der Waals surface area contributed by atoms with Crippen LogP contribution in [0, 0.1) is 0 Å². The van der Waals surface area contributed by atoms with Gasteiger partial charge in [0.05, 0.1) is 29.0 Å². The minimum absolute atomic E-state index is 0.0260. The topological polar surface area (TPSA) is 47.1 Å². The van der Waals surface area contributed by atoms with Crippen LogP contribution in [0.1, 0.15) is 32.0 Å². The number of rotatable bonds is 8. The number of nitrogens with two attached hydrogens (primary N) is 1. The van der Waals surface area contributed by atoms with E-state index in [-0.39, 0.29) is 6.04 Å². The first-order valence-corrected chi connectivity index (χ1v) is 8.53. The van der Waals surface area contributed by atoms with Gasteiger partial charge in [-0.2, -0.15) is 16.9 Å². The van der Waals surface area contributed by atoms with Crippen molar-refractivity contribution < 1.29 is 0 Å². The van der Waals surface area contributed by atoms with E-state index < -0.39 is 0 Å². The molecule has 1 aromatic rings. The molecule has 110 valence electrons. The zero-order chi connectivity index (χ0) is 14.4. The van der Waals surface area contributed by atoms with E-state index in [0.717, 1.165) is 29.0 Å². The third kappa shape index (κ3) is 5.45. The van der Waals surface area contributed by atoms with E-state index >= 15 is 0 Å². The molecular weight excluding hydrogens is 324 g/mol. The van der Waals surface area contributed by atoms with Crippen molar-refractivity contribution in [2.24, 2.45) is 5.73 Å². The van der Waals surface area contributed by atoms with E-state index in [9.17, 15) is 0 Å². The molecule has 0 radical (unpaired) electrons. The fourth-order valence-electron chi connectivity index (χ4n) is 1.68. The monoisotopic (exact) mass is 348 g/mol. The molecule has 0 aliphatic carbocycles. The second kappa shape index (κ2) is 8.29. The number of hydrogen-bond acceptors (Lipinski definition) is 4. The number of hydrogen-bond donors (Lipinski definition) is 1. The van der Waals surface area contributed by atoms with E-state index in [1.807, 2.05) is 22.6 Å². The average Bonchev–Trinajstić information content (AvgIpc) is 2.74. The van der Waals surface area contributed by atoms with E-state index in [1.165, 1.54) is 6.42 Å². The predicted octanol–water partition coefficient (Wildman–Crippen LogP) is 2.74. The normalized spacial score (nSPS) is 14.9. The number of thioether (sulfide) groups is 1. The molecule has 1 aromatic heterocycles. The maximum absolute atomic E-state index is 6.33. The molecule has 1 rings (SSSR count). The lowest BCUT2D eigenvalue weighted by atomic mass is 10.2. The van der Waals surface area contributed by atoms with Gasteiger partial charge in [0.2, 0.25) is 0 Å². The highest BCUT2D eigenvalue weighted by Gasteiger charge is 2.17. The van der Waals surface area contributed by atoms with Crippen LogP contribution in [-0.2, 0) is 6.54 Å². The van der Waals surface area contributed by atoms with Crippen molar-refractivity contribution in [2.45, 2.75) is 38.1 Å². The first-order valence-electron chi connectivity index (χ1n) is 6.68. The highest BCUT2D eigenvalue weighted by Crippen LogP contribution is 2.26. The number of aromatic nitrogens is 2. The van der Waals surface area contributed by atoms with Crippen molar-refractivity contribution in [3.8, 4) is 0 Å². The Labute approximate surface area is 129 Å². The van der Waals surface area contributed by atoms with E-state index in [1.54, 1.807) is 0 Å². The van der Waals surface area contributed by atoms with Crippen LogP contribution in [0.25, 0.3) is 0 Å². The Morgan fingerprint density at radius 1 is 1.53 bits per heavy atom. The van der Waals surface area contributed by atoms with Crippen molar-refractivity contribution in [3.63, 3.8) is 0 Å². The van der Waals surface area contributed by atoms with Crippen LogP contribution in [0.2, 0.25) is 0 Å². The van der Waals surface area contributed by atoms with Crippen molar-refractivity contribution >= 4 is 27.7 Å². The van der Waals surface area contributed by atoms with Gasteiger partial charge < -0.3 is 10.6 Å². The van der Waals surface area contributed by atoms with Gasteiger partial charge in [0.1, 0.15) is 0 Å². The van der Waals surface area contributed by atoms with Gasteiger partial charge in [-0.05, 0) is 36.4 Å². The predicted molar refractivity (Wildman–Crippen MR) is 87.6 cm³/mol. The average molecular weight is 349 g/mol. The molecule has 2 atom stereocenters. The summed E-state index contributed by atoms with van der Waals surface area (Å²) in [7, 11) is 4.13. The Morgan fingerprint density at radius 2 is 2.21 bits per heavy atom. The van der Waals surface area contributed by atoms with Crippen LogP contribution in [0.15, 0.2) is 10.7 Å². The quantitative estimate of drug-likeness (QED) is 0.784. The molecule has 4 nitrogen and oxygen atoms in total. The van der Waals surface area contributed by atoms with Crippen molar-refractivity contribution in [2.75, 3.05) is 26.4 Å². The van der Waals surface area contributed by atoms with Gasteiger partial charge >= 0.3 is 0 Å². The molecule has 2 N–H and O–H groups in total. The van der Waals surface area contributed by atoms with Gasteiger partial charge in [-0.25, -0.2) is 0 Å². The first kappa shape index (κ1) is 17.0. The maximum Gasteiger partial charge on any atom is 0.0702 e. The smallest absolute Gasteiger partial charge is 0.0702 e. The van der Waals surface area contributed by atoms with Gasteiger partial charge in [-0.3, -0.25) is 4.68 Å². The molecule has 0 aliphatic rings. The van der Waals surface area contributed by atoms with Crippen molar-refractivity contribution in [1.82, 2.24) is 14.7 Å². The largest absolute Gasteiger partial charge is 0.322 e. The molecule has 2 unspecified atom stereocenters. The fraction of sp³-hybridized carbons (Fsp3) is 0.769. The number of likely N-dealkylation sites (N-methyl/N-ethyl adjacent to an activating group) is 1.